The van der Waals surface area contributed by atoms with Crippen molar-refractivity contribution in [3.05, 3.63) is 28.7 Å². The molecule has 2 fully saturated rings. The highest BCUT2D eigenvalue weighted by Gasteiger charge is 2.35. The molecule has 0 atom stereocenters. The molecule has 2 saturated heterocycles. The summed E-state index contributed by atoms with van der Waals surface area (Å²) in [5.74, 6) is -0.292. The fourth-order valence-corrected chi connectivity index (χ4v) is 4.02. The Hall–Kier alpha value is -1.46. The van der Waals surface area contributed by atoms with Gasteiger partial charge in [0.15, 0.2) is 5.58 Å². The molecule has 5 nitrogen and oxygen atoms in total. The molecule has 0 radical (unpaired) electrons. The molecular formula is C17H24ClN3O2. The zero-order chi connectivity index (χ0) is 15.2. The van der Waals surface area contributed by atoms with Crippen LogP contribution in [0.5, 0.6) is 0 Å². The van der Waals surface area contributed by atoms with Crippen molar-refractivity contribution >= 4 is 29.2 Å². The molecule has 1 N–H and O–H groups in total. The topological polar surface area (TPSA) is 50.4 Å². The lowest BCUT2D eigenvalue weighted by atomic mass is 9.71. The number of aryl methyl sites for hydroxylation is 1. The minimum absolute atomic E-state index is 0. The van der Waals surface area contributed by atoms with Gasteiger partial charge in [0.1, 0.15) is 0 Å². The van der Waals surface area contributed by atoms with Crippen LogP contribution in [0.1, 0.15) is 25.7 Å². The predicted octanol–water partition coefficient (Wildman–Crippen LogP) is 2.52. The second kappa shape index (κ2) is 6.21. The Morgan fingerprint density at radius 1 is 1.13 bits per heavy atom. The van der Waals surface area contributed by atoms with Crippen LogP contribution in [0.15, 0.2) is 27.4 Å². The van der Waals surface area contributed by atoms with Crippen LogP contribution in [0.4, 0.5) is 5.69 Å². The third kappa shape index (κ3) is 2.88. The Bertz CT molecular complexity index is 736. The third-order valence-corrected chi connectivity index (χ3v) is 5.63. The maximum atomic E-state index is 11.6. The highest BCUT2D eigenvalue weighted by molar-refractivity contribution is 5.85. The van der Waals surface area contributed by atoms with Gasteiger partial charge in [0.2, 0.25) is 0 Å². The highest BCUT2D eigenvalue weighted by Crippen LogP contribution is 2.40. The molecule has 0 saturated carbocycles. The zero-order valence-corrected chi connectivity index (χ0v) is 14.3. The summed E-state index contributed by atoms with van der Waals surface area (Å²) in [7, 11) is 1.75. The number of hydrogen-bond acceptors (Lipinski definition) is 4. The zero-order valence-electron chi connectivity index (χ0n) is 13.5. The van der Waals surface area contributed by atoms with E-state index in [1.54, 1.807) is 11.6 Å². The van der Waals surface area contributed by atoms with E-state index in [9.17, 15) is 4.79 Å². The maximum Gasteiger partial charge on any atom is 0.419 e. The van der Waals surface area contributed by atoms with Gasteiger partial charge in [-0.3, -0.25) is 4.57 Å². The van der Waals surface area contributed by atoms with E-state index in [0.29, 0.717) is 11.0 Å². The quantitative estimate of drug-likeness (QED) is 0.868. The predicted molar refractivity (Wildman–Crippen MR) is 94.7 cm³/mol. The lowest BCUT2D eigenvalue weighted by Gasteiger charge is -2.45. The number of anilines is 1. The Morgan fingerprint density at radius 3 is 2.52 bits per heavy atom. The first-order chi connectivity index (χ1) is 10.7. The van der Waals surface area contributed by atoms with Crippen molar-refractivity contribution in [2.45, 2.75) is 25.7 Å². The molecule has 2 aliphatic heterocycles. The Labute approximate surface area is 142 Å². The fourth-order valence-electron chi connectivity index (χ4n) is 4.02. The summed E-state index contributed by atoms with van der Waals surface area (Å²) in [6, 6.07) is 6.11. The summed E-state index contributed by atoms with van der Waals surface area (Å²) in [4.78, 5) is 14.0. The van der Waals surface area contributed by atoms with Gasteiger partial charge in [-0.05, 0) is 56.3 Å². The molecule has 4 rings (SSSR count). The number of halogens is 1. The van der Waals surface area contributed by atoms with Gasteiger partial charge >= 0.3 is 5.76 Å². The van der Waals surface area contributed by atoms with Gasteiger partial charge in [0, 0.05) is 31.9 Å². The molecule has 0 aliphatic carbocycles. The number of hydrogen-bond donors (Lipinski definition) is 1. The van der Waals surface area contributed by atoms with E-state index >= 15 is 0 Å². The lowest BCUT2D eigenvalue weighted by molar-refractivity contribution is 0.155. The van der Waals surface area contributed by atoms with Crippen LogP contribution in [0.3, 0.4) is 0 Å². The number of benzene rings is 1. The standard InChI is InChI=1S/C17H23N3O2.ClH/c1-19-14-3-2-13(12-15(14)22-16(19)21)20-10-6-17(7-11-20)4-8-18-9-5-17;/h2-3,12,18H,4-11H2,1H3;1H. The molecule has 3 heterocycles. The van der Waals surface area contributed by atoms with Gasteiger partial charge in [-0.25, -0.2) is 4.79 Å². The molecule has 1 aromatic heterocycles. The molecule has 1 aromatic carbocycles. The fraction of sp³-hybridized carbons (Fsp3) is 0.588. The van der Waals surface area contributed by atoms with E-state index in [1.165, 1.54) is 44.5 Å². The molecule has 2 aromatic rings. The minimum atomic E-state index is -0.292. The molecular weight excluding hydrogens is 314 g/mol. The van der Waals surface area contributed by atoms with E-state index in [-0.39, 0.29) is 18.2 Å². The van der Waals surface area contributed by atoms with Gasteiger partial charge in [0.25, 0.3) is 0 Å². The van der Waals surface area contributed by atoms with E-state index in [2.05, 4.69) is 16.3 Å². The number of nitrogens with one attached hydrogen (secondary N) is 1. The first kappa shape index (κ1) is 16.4. The molecule has 0 amide bonds. The summed E-state index contributed by atoms with van der Waals surface area (Å²) < 4.78 is 6.87. The van der Waals surface area contributed by atoms with Crippen LogP contribution in [0.2, 0.25) is 0 Å². The summed E-state index contributed by atoms with van der Waals surface area (Å²) in [6.45, 7) is 4.54. The molecule has 6 heteroatoms. The highest BCUT2D eigenvalue weighted by atomic mass is 35.5. The number of rotatable bonds is 1. The van der Waals surface area contributed by atoms with Crippen LogP contribution in [0, 0.1) is 5.41 Å². The number of aromatic nitrogens is 1. The van der Waals surface area contributed by atoms with E-state index in [0.717, 1.165) is 18.6 Å². The van der Waals surface area contributed by atoms with Crippen molar-refractivity contribution in [1.29, 1.82) is 0 Å². The minimum Gasteiger partial charge on any atom is -0.408 e. The Balaban J connectivity index is 0.00000156. The van der Waals surface area contributed by atoms with Gasteiger partial charge in [-0.15, -0.1) is 12.4 Å². The molecule has 1 spiro atoms. The van der Waals surface area contributed by atoms with E-state index in [1.807, 2.05) is 12.1 Å². The first-order valence-electron chi connectivity index (χ1n) is 8.22. The van der Waals surface area contributed by atoms with Gasteiger partial charge < -0.3 is 14.6 Å². The summed E-state index contributed by atoms with van der Waals surface area (Å²) in [6.07, 6.45) is 5.16. The normalized spacial score (nSPS) is 20.7. The summed E-state index contributed by atoms with van der Waals surface area (Å²) in [5, 5.41) is 3.47. The largest absolute Gasteiger partial charge is 0.419 e. The number of fused-ring (bicyclic) bond motifs is 1. The monoisotopic (exact) mass is 337 g/mol. The number of nitrogens with zero attached hydrogens (tertiary/aromatic N) is 2. The molecule has 126 valence electrons. The molecule has 0 unspecified atom stereocenters. The summed E-state index contributed by atoms with van der Waals surface area (Å²) >= 11 is 0. The Morgan fingerprint density at radius 2 is 1.83 bits per heavy atom. The molecule has 0 bridgehead atoms. The second-order valence-corrected chi connectivity index (χ2v) is 6.82. The average Bonchev–Trinajstić information content (AvgIpc) is 2.83. The van der Waals surface area contributed by atoms with Crippen LogP contribution in [-0.2, 0) is 7.05 Å². The average molecular weight is 338 g/mol. The van der Waals surface area contributed by atoms with Crippen LogP contribution in [0.25, 0.3) is 11.1 Å². The van der Waals surface area contributed by atoms with Gasteiger partial charge in [-0.1, -0.05) is 0 Å². The van der Waals surface area contributed by atoms with Crippen LogP contribution in [-0.4, -0.2) is 30.7 Å². The second-order valence-electron chi connectivity index (χ2n) is 6.82. The number of piperidine rings is 2. The first-order valence-corrected chi connectivity index (χ1v) is 8.22. The third-order valence-electron chi connectivity index (χ3n) is 5.63. The molecule has 23 heavy (non-hydrogen) atoms. The van der Waals surface area contributed by atoms with Crippen molar-refractivity contribution in [1.82, 2.24) is 9.88 Å². The van der Waals surface area contributed by atoms with Crippen LogP contribution >= 0.6 is 12.4 Å². The van der Waals surface area contributed by atoms with Crippen LogP contribution < -0.4 is 16.0 Å². The van der Waals surface area contributed by atoms with E-state index < -0.39 is 0 Å². The van der Waals surface area contributed by atoms with Gasteiger partial charge in [0.05, 0.1) is 5.52 Å². The Kier molecular flexibility index (Phi) is 4.43. The maximum absolute atomic E-state index is 11.6. The smallest absolute Gasteiger partial charge is 0.408 e. The van der Waals surface area contributed by atoms with Gasteiger partial charge in [-0.2, -0.15) is 0 Å². The molecule has 2 aliphatic rings. The van der Waals surface area contributed by atoms with Crippen molar-refractivity contribution in [3.8, 4) is 0 Å². The van der Waals surface area contributed by atoms with Crippen molar-refractivity contribution in [2.75, 3.05) is 31.1 Å². The lowest BCUT2D eigenvalue weighted by Crippen LogP contribution is -2.45. The van der Waals surface area contributed by atoms with Crippen molar-refractivity contribution < 1.29 is 4.42 Å². The number of oxazole rings is 1. The summed E-state index contributed by atoms with van der Waals surface area (Å²) in [5.41, 5.74) is 3.28. The van der Waals surface area contributed by atoms with Crippen molar-refractivity contribution in [2.24, 2.45) is 12.5 Å². The van der Waals surface area contributed by atoms with E-state index in [4.69, 9.17) is 4.42 Å². The SMILES string of the molecule is Cl.Cn1c(=O)oc2cc(N3CCC4(CCNCC4)CC3)ccc21. The van der Waals surface area contributed by atoms with Crippen molar-refractivity contribution in [3.63, 3.8) is 0 Å².